The van der Waals surface area contributed by atoms with Gasteiger partial charge in [0.05, 0.1) is 0 Å². The first-order valence-electron chi connectivity index (χ1n) is 5.76. The molecule has 15 heavy (non-hydrogen) atoms. The quantitative estimate of drug-likeness (QED) is 0.721. The average Bonchev–Trinajstić information content (AvgIpc) is 2.88. The van der Waals surface area contributed by atoms with E-state index in [0.717, 1.165) is 38.8 Å². The molecule has 2 N–H and O–H groups in total. The number of likely N-dealkylation sites (tertiary alicyclic amines) is 1. The molecule has 1 saturated heterocycles. The number of carbonyl (C=O) groups excluding carboxylic acids is 2. The zero-order valence-electron chi connectivity index (χ0n) is 8.95. The van der Waals surface area contributed by atoms with E-state index in [0.29, 0.717) is 6.42 Å². The van der Waals surface area contributed by atoms with Crippen LogP contribution < -0.4 is 5.73 Å². The smallest absolute Gasteiger partial charge is 0.225 e. The minimum absolute atomic E-state index is 0.0561. The summed E-state index contributed by atoms with van der Waals surface area (Å²) in [5, 5.41) is 0. The standard InChI is InChI=1S/C11H18N2O2/c12-10(14)8-3-4-9(7-8)11(15)13-5-1-2-6-13/h8-9H,1-7H2,(H2,12,14)/t8-,9+/m1/s1. The highest BCUT2D eigenvalue weighted by molar-refractivity contribution is 5.82. The van der Waals surface area contributed by atoms with Gasteiger partial charge in [0.25, 0.3) is 0 Å². The molecule has 0 aromatic carbocycles. The normalized spacial score (nSPS) is 30.8. The van der Waals surface area contributed by atoms with Crippen molar-refractivity contribution in [3.63, 3.8) is 0 Å². The monoisotopic (exact) mass is 210 g/mol. The Balaban J connectivity index is 1.89. The third kappa shape index (κ3) is 2.13. The lowest BCUT2D eigenvalue weighted by Crippen LogP contribution is -2.33. The average molecular weight is 210 g/mol. The number of hydrogen-bond acceptors (Lipinski definition) is 2. The maximum absolute atomic E-state index is 12.0. The lowest BCUT2D eigenvalue weighted by molar-refractivity contribution is -0.134. The first-order valence-corrected chi connectivity index (χ1v) is 5.76. The molecular weight excluding hydrogens is 192 g/mol. The van der Waals surface area contributed by atoms with E-state index in [9.17, 15) is 9.59 Å². The molecule has 2 rings (SSSR count). The number of nitrogens with zero attached hydrogens (tertiary/aromatic N) is 1. The molecule has 4 heteroatoms. The molecule has 1 aliphatic carbocycles. The van der Waals surface area contributed by atoms with Gasteiger partial charge in [-0.05, 0) is 32.1 Å². The molecule has 0 bridgehead atoms. The Kier molecular flexibility index (Phi) is 2.93. The van der Waals surface area contributed by atoms with Crippen LogP contribution in [-0.4, -0.2) is 29.8 Å². The van der Waals surface area contributed by atoms with Crippen LogP contribution in [0.5, 0.6) is 0 Å². The fourth-order valence-corrected chi connectivity index (χ4v) is 2.66. The molecule has 1 heterocycles. The second-order valence-corrected chi connectivity index (χ2v) is 4.64. The number of hydrogen-bond donors (Lipinski definition) is 1. The number of carbonyl (C=O) groups is 2. The van der Waals surface area contributed by atoms with Gasteiger partial charge in [-0.3, -0.25) is 9.59 Å². The molecule has 0 unspecified atom stereocenters. The first kappa shape index (κ1) is 10.5. The van der Waals surface area contributed by atoms with Gasteiger partial charge in [0.15, 0.2) is 0 Å². The summed E-state index contributed by atoms with van der Waals surface area (Å²) in [6.07, 6.45) is 4.54. The summed E-state index contributed by atoms with van der Waals surface area (Å²) >= 11 is 0. The zero-order chi connectivity index (χ0) is 10.8. The van der Waals surface area contributed by atoms with Crippen LogP contribution in [0, 0.1) is 11.8 Å². The second kappa shape index (κ2) is 4.21. The van der Waals surface area contributed by atoms with E-state index >= 15 is 0 Å². The molecule has 2 atom stereocenters. The molecule has 0 aromatic heterocycles. The minimum Gasteiger partial charge on any atom is -0.369 e. The van der Waals surface area contributed by atoms with Gasteiger partial charge in [0, 0.05) is 24.9 Å². The summed E-state index contributed by atoms with van der Waals surface area (Å²) in [7, 11) is 0. The van der Waals surface area contributed by atoms with Crippen molar-refractivity contribution in [1.29, 1.82) is 0 Å². The van der Waals surface area contributed by atoms with E-state index in [1.165, 1.54) is 0 Å². The van der Waals surface area contributed by atoms with E-state index in [2.05, 4.69) is 0 Å². The fraction of sp³-hybridized carbons (Fsp3) is 0.818. The van der Waals surface area contributed by atoms with E-state index < -0.39 is 0 Å². The van der Waals surface area contributed by atoms with Gasteiger partial charge in [-0.15, -0.1) is 0 Å². The van der Waals surface area contributed by atoms with Crippen LogP contribution in [0.4, 0.5) is 0 Å². The number of amides is 2. The molecule has 2 fully saturated rings. The zero-order valence-corrected chi connectivity index (χ0v) is 8.95. The van der Waals surface area contributed by atoms with Crippen LogP contribution >= 0.6 is 0 Å². The van der Waals surface area contributed by atoms with Crippen LogP contribution in [0.2, 0.25) is 0 Å². The maximum Gasteiger partial charge on any atom is 0.225 e. The van der Waals surface area contributed by atoms with E-state index in [1.54, 1.807) is 0 Å². The Hall–Kier alpha value is -1.06. The third-order valence-electron chi connectivity index (χ3n) is 3.60. The molecule has 2 amide bonds. The Morgan fingerprint density at radius 2 is 1.67 bits per heavy atom. The summed E-state index contributed by atoms with van der Waals surface area (Å²) in [5.74, 6) is -0.00914. The van der Waals surface area contributed by atoms with Crippen molar-refractivity contribution in [2.45, 2.75) is 32.1 Å². The van der Waals surface area contributed by atoms with E-state index in [-0.39, 0.29) is 23.7 Å². The molecule has 0 radical (unpaired) electrons. The van der Waals surface area contributed by atoms with Gasteiger partial charge in [0.1, 0.15) is 0 Å². The summed E-state index contributed by atoms with van der Waals surface area (Å²) in [6.45, 7) is 1.80. The summed E-state index contributed by atoms with van der Waals surface area (Å²) in [6, 6.07) is 0. The highest BCUT2D eigenvalue weighted by atomic mass is 16.2. The van der Waals surface area contributed by atoms with E-state index in [1.807, 2.05) is 4.90 Å². The van der Waals surface area contributed by atoms with Crippen LogP contribution in [0.15, 0.2) is 0 Å². The highest BCUT2D eigenvalue weighted by Crippen LogP contribution is 2.32. The molecule has 0 spiro atoms. The van der Waals surface area contributed by atoms with Gasteiger partial charge >= 0.3 is 0 Å². The Morgan fingerprint density at radius 1 is 1.07 bits per heavy atom. The molecule has 4 nitrogen and oxygen atoms in total. The molecule has 0 aromatic rings. The van der Waals surface area contributed by atoms with Crippen molar-refractivity contribution >= 4 is 11.8 Å². The van der Waals surface area contributed by atoms with Crippen molar-refractivity contribution in [3.05, 3.63) is 0 Å². The second-order valence-electron chi connectivity index (χ2n) is 4.64. The lowest BCUT2D eigenvalue weighted by atomic mass is 10.0. The molecule has 1 saturated carbocycles. The van der Waals surface area contributed by atoms with Gasteiger partial charge < -0.3 is 10.6 Å². The lowest BCUT2D eigenvalue weighted by Gasteiger charge is -2.19. The Bertz CT molecular complexity index is 272. The van der Waals surface area contributed by atoms with Gasteiger partial charge in [0.2, 0.25) is 11.8 Å². The largest absolute Gasteiger partial charge is 0.369 e. The highest BCUT2D eigenvalue weighted by Gasteiger charge is 2.35. The van der Waals surface area contributed by atoms with Crippen molar-refractivity contribution in [2.75, 3.05) is 13.1 Å². The Labute approximate surface area is 89.8 Å². The van der Waals surface area contributed by atoms with Crippen LogP contribution in [0.25, 0.3) is 0 Å². The number of nitrogens with two attached hydrogens (primary N) is 1. The molecule has 1 aliphatic heterocycles. The number of primary amides is 1. The minimum atomic E-state index is -0.244. The first-order chi connectivity index (χ1) is 7.18. The van der Waals surface area contributed by atoms with E-state index in [4.69, 9.17) is 5.73 Å². The van der Waals surface area contributed by atoms with Crippen LogP contribution in [0.3, 0.4) is 0 Å². The number of rotatable bonds is 2. The topological polar surface area (TPSA) is 63.4 Å². The van der Waals surface area contributed by atoms with Crippen LogP contribution in [0.1, 0.15) is 32.1 Å². The predicted octanol–water partition coefficient (Wildman–Crippen LogP) is 0.510. The van der Waals surface area contributed by atoms with Gasteiger partial charge in [-0.1, -0.05) is 0 Å². The van der Waals surface area contributed by atoms with Gasteiger partial charge in [-0.2, -0.15) is 0 Å². The summed E-state index contributed by atoms with van der Waals surface area (Å²) in [5.41, 5.74) is 5.25. The van der Waals surface area contributed by atoms with Crippen molar-refractivity contribution < 1.29 is 9.59 Å². The summed E-state index contributed by atoms with van der Waals surface area (Å²) in [4.78, 5) is 24.9. The van der Waals surface area contributed by atoms with Crippen LogP contribution in [-0.2, 0) is 9.59 Å². The van der Waals surface area contributed by atoms with Crippen molar-refractivity contribution in [1.82, 2.24) is 4.90 Å². The Morgan fingerprint density at radius 3 is 2.20 bits per heavy atom. The third-order valence-corrected chi connectivity index (χ3v) is 3.60. The van der Waals surface area contributed by atoms with Gasteiger partial charge in [-0.25, -0.2) is 0 Å². The fourth-order valence-electron chi connectivity index (χ4n) is 2.66. The molecule has 84 valence electrons. The maximum atomic E-state index is 12.0. The summed E-state index contributed by atoms with van der Waals surface area (Å²) < 4.78 is 0. The van der Waals surface area contributed by atoms with Crippen molar-refractivity contribution in [2.24, 2.45) is 17.6 Å². The predicted molar refractivity (Wildman–Crippen MR) is 55.8 cm³/mol. The SMILES string of the molecule is NC(=O)[C@@H]1CC[C@H](C(=O)N2CCCC2)C1. The van der Waals surface area contributed by atoms with Crippen molar-refractivity contribution in [3.8, 4) is 0 Å². The molecular formula is C11H18N2O2. The molecule has 2 aliphatic rings.